The van der Waals surface area contributed by atoms with E-state index in [9.17, 15) is 0 Å². The minimum absolute atomic E-state index is 0.111. The largest absolute Gasteiger partial charge is 0.369 e. The summed E-state index contributed by atoms with van der Waals surface area (Å²) in [6.45, 7) is 10.4. The van der Waals surface area contributed by atoms with Crippen molar-refractivity contribution in [2.24, 2.45) is 5.73 Å². The van der Waals surface area contributed by atoms with E-state index >= 15 is 0 Å². The van der Waals surface area contributed by atoms with E-state index in [-0.39, 0.29) is 17.7 Å². The zero-order valence-electron chi connectivity index (χ0n) is 13.5. The van der Waals surface area contributed by atoms with Gasteiger partial charge in [0.25, 0.3) is 0 Å². The Morgan fingerprint density at radius 3 is 2.76 bits per heavy atom. The molecule has 2 N–H and O–H groups in total. The summed E-state index contributed by atoms with van der Waals surface area (Å²) in [7, 11) is 0. The van der Waals surface area contributed by atoms with E-state index in [0.29, 0.717) is 0 Å². The van der Waals surface area contributed by atoms with E-state index in [0.717, 1.165) is 30.4 Å². The van der Waals surface area contributed by atoms with Crippen LogP contribution in [0.2, 0.25) is 0 Å². The molecule has 0 radical (unpaired) electrons. The molecule has 4 heteroatoms. The fourth-order valence-corrected chi connectivity index (χ4v) is 3.70. The number of ether oxygens (including phenoxy) is 1. The van der Waals surface area contributed by atoms with Crippen molar-refractivity contribution < 1.29 is 4.74 Å². The molecule has 1 heterocycles. The fraction of sp³-hybridized carbons (Fsp3) is 0.647. The Kier molecular flexibility index (Phi) is 5.33. The summed E-state index contributed by atoms with van der Waals surface area (Å²) < 4.78 is 7.13. The van der Waals surface area contributed by atoms with Crippen molar-refractivity contribution in [2.45, 2.75) is 58.3 Å². The molecule has 1 saturated heterocycles. The first kappa shape index (κ1) is 16.8. The molecule has 21 heavy (non-hydrogen) atoms. The third-order valence-electron chi connectivity index (χ3n) is 3.94. The summed E-state index contributed by atoms with van der Waals surface area (Å²) >= 11 is 3.73. The second kappa shape index (κ2) is 6.67. The number of hydrogen-bond acceptors (Lipinski definition) is 3. The summed E-state index contributed by atoms with van der Waals surface area (Å²) in [6.07, 6.45) is 2.18. The van der Waals surface area contributed by atoms with Gasteiger partial charge in [-0.15, -0.1) is 0 Å². The molecular weight excluding hydrogens is 328 g/mol. The lowest BCUT2D eigenvalue weighted by Gasteiger charge is -2.43. The van der Waals surface area contributed by atoms with Crippen LogP contribution in [-0.2, 0) is 11.2 Å². The Balaban J connectivity index is 2.17. The molecule has 1 fully saturated rings. The maximum atomic E-state index is 6.05. The van der Waals surface area contributed by atoms with Gasteiger partial charge in [0.05, 0.1) is 17.4 Å². The maximum absolute atomic E-state index is 6.05. The Hall–Kier alpha value is -0.580. The molecule has 3 nitrogen and oxygen atoms in total. The topological polar surface area (TPSA) is 38.5 Å². The summed E-state index contributed by atoms with van der Waals surface area (Å²) in [5.74, 6) is 0. The van der Waals surface area contributed by atoms with Gasteiger partial charge >= 0.3 is 0 Å². The van der Waals surface area contributed by atoms with Crippen molar-refractivity contribution in [3.63, 3.8) is 0 Å². The Morgan fingerprint density at radius 1 is 1.48 bits per heavy atom. The smallest absolute Gasteiger partial charge is 0.0805 e. The van der Waals surface area contributed by atoms with Gasteiger partial charge in [0.15, 0.2) is 0 Å². The van der Waals surface area contributed by atoms with E-state index in [4.69, 9.17) is 10.5 Å². The van der Waals surface area contributed by atoms with Crippen molar-refractivity contribution in [3.8, 4) is 0 Å². The highest BCUT2D eigenvalue weighted by molar-refractivity contribution is 9.10. The summed E-state index contributed by atoms with van der Waals surface area (Å²) in [5.41, 5.74) is 8.47. The van der Waals surface area contributed by atoms with Crippen molar-refractivity contribution in [2.75, 3.05) is 18.0 Å². The number of nitrogens with zero attached hydrogens (tertiary/aromatic N) is 1. The molecule has 1 aromatic carbocycles. The van der Waals surface area contributed by atoms with Crippen LogP contribution in [0.4, 0.5) is 5.69 Å². The standard InChI is InChI=1S/C17H27BrN2O/c1-5-14(19)8-13-6-7-16(15(18)9-13)20-10-12(2)21-17(3,4)11-20/h6-7,9,12,14H,5,8,10-11,19H2,1-4H3. The second-order valence-electron chi connectivity index (χ2n) is 6.73. The third-order valence-corrected chi connectivity index (χ3v) is 4.58. The SMILES string of the molecule is CCC(N)Cc1ccc(N2CC(C)OC(C)(C)C2)c(Br)c1. The monoisotopic (exact) mass is 354 g/mol. The van der Waals surface area contributed by atoms with Crippen molar-refractivity contribution in [1.29, 1.82) is 0 Å². The van der Waals surface area contributed by atoms with Crippen molar-refractivity contribution in [1.82, 2.24) is 0 Å². The van der Waals surface area contributed by atoms with Gasteiger partial charge in [-0.2, -0.15) is 0 Å². The number of hydrogen-bond donors (Lipinski definition) is 1. The lowest BCUT2D eigenvalue weighted by atomic mass is 10.0. The van der Waals surface area contributed by atoms with Gasteiger partial charge < -0.3 is 15.4 Å². The number of halogens is 1. The van der Waals surface area contributed by atoms with Crippen LogP contribution in [0.1, 0.15) is 39.7 Å². The van der Waals surface area contributed by atoms with Crippen LogP contribution in [0, 0.1) is 0 Å². The quantitative estimate of drug-likeness (QED) is 0.894. The van der Waals surface area contributed by atoms with Crippen LogP contribution >= 0.6 is 15.9 Å². The molecule has 2 unspecified atom stereocenters. The van der Waals surface area contributed by atoms with E-state index in [2.05, 4.69) is 66.7 Å². The van der Waals surface area contributed by atoms with Gasteiger partial charge in [0.1, 0.15) is 0 Å². The van der Waals surface area contributed by atoms with Gasteiger partial charge in [-0.25, -0.2) is 0 Å². The number of anilines is 1. The zero-order valence-corrected chi connectivity index (χ0v) is 15.1. The van der Waals surface area contributed by atoms with Gasteiger partial charge in [-0.1, -0.05) is 13.0 Å². The number of morpholine rings is 1. The zero-order chi connectivity index (χ0) is 15.6. The average molecular weight is 355 g/mol. The number of nitrogens with two attached hydrogens (primary N) is 1. The highest BCUT2D eigenvalue weighted by atomic mass is 79.9. The highest BCUT2D eigenvalue weighted by Gasteiger charge is 2.32. The van der Waals surface area contributed by atoms with Crippen LogP contribution < -0.4 is 10.6 Å². The first-order chi connectivity index (χ1) is 9.80. The molecule has 2 atom stereocenters. The molecule has 1 aliphatic heterocycles. The van der Waals surface area contributed by atoms with Gasteiger partial charge in [-0.3, -0.25) is 0 Å². The van der Waals surface area contributed by atoms with Crippen LogP contribution in [-0.4, -0.2) is 30.8 Å². The predicted octanol–water partition coefficient (Wildman–Crippen LogP) is 3.73. The first-order valence-electron chi connectivity index (χ1n) is 7.77. The molecule has 1 aliphatic rings. The average Bonchev–Trinajstić information content (AvgIpc) is 2.36. The Morgan fingerprint density at radius 2 is 2.19 bits per heavy atom. The minimum Gasteiger partial charge on any atom is -0.369 e. The molecular formula is C17H27BrN2O. The van der Waals surface area contributed by atoms with Crippen LogP contribution in [0.15, 0.2) is 22.7 Å². The molecule has 0 aromatic heterocycles. The fourth-order valence-electron chi connectivity index (χ4n) is 3.02. The van der Waals surface area contributed by atoms with Crippen LogP contribution in [0.3, 0.4) is 0 Å². The molecule has 0 amide bonds. The van der Waals surface area contributed by atoms with Crippen LogP contribution in [0.5, 0.6) is 0 Å². The van der Waals surface area contributed by atoms with Gasteiger partial charge in [0.2, 0.25) is 0 Å². The normalized spacial score (nSPS) is 23.1. The highest BCUT2D eigenvalue weighted by Crippen LogP contribution is 2.32. The maximum Gasteiger partial charge on any atom is 0.0805 e. The lowest BCUT2D eigenvalue weighted by Crippen LogP contribution is -2.52. The van der Waals surface area contributed by atoms with Crippen molar-refractivity contribution in [3.05, 3.63) is 28.2 Å². The number of rotatable bonds is 4. The first-order valence-corrected chi connectivity index (χ1v) is 8.57. The molecule has 0 aliphatic carbocycles. The molecule has 2 rings (SSSR count). The lowest BCUT2D eigenvalue weighted by molar-refractivity contribution is -0.0750. The Labute approximate surface area is 137 Å². The van der Waals surface area contributed by atoms with Crippen molar-refractivity contribution >= 4 is 21.6 Å². The molecule has 0 spiro atoms. The molecule has 118 valence electrons. The molecule has 1 aromatic rings. The summed E-state index contributed by atoms with van der Waals surface area (Å²) in [6, 6.07) is 6.85. The predicted molar refractivity (Wildman–Crippen MR) is 93.0 cm³/mol. The summed E-state index contributed by atoms with van der Waals surface area (Å²) in [4.78, 5) is 2.40. The second-order valence-corrected chi connectivity index (χ2v) is 7.58. The third kappa shape index (κ3) is 4.44. The van der Waals surface area contributed by atoms with Gasteiger partial charge in [0, 0.05) is 23.6 Å². The molecule has 0 bridgehead atoms. The molecule has 0 saturated carbocycles. The Bertz CT molecular complexity index is 490. The summed E-state index contributed by atoms with van der Waals surface area (Å²) in [5, 5.41) is 0. The van der Waals surface area contributed by atoms with Gasteiger partial charge in [-0.05, 0) is 67.2 Å². The van der Waals surface area contributed by atoms with E-state index in [1.165, 1.54) is 11.3 Å². The van der Waals surface area contributed by atoms with E-state index < -0.39 is 0 Å². The minimum atomic E-state index is -0.111. The van der Waals surface area contributed by atoms with E-state index in [1.54, 1.807) is 0 Å². The number of benzene rings is 1. The van der Waals surface area contributed by atoms with Crippen LogP contribution in [0.25, 0.3) is 0 Å². The van der Waals surface area contributed by atoms with E-state index in [1.807, 2.05) is 0 Å².